The van der Waals surface area contributed by atoms with Gasteiger partial charge in [-0.05, 0) is 32.0 Å². The smallest absolute Gasteiger partial charge is 0.338 e. The Labute approximate surface area is 122 Å². The molecule has 0 fully saturated rings. The number of hydrogen-bond acceptors (Lipinski definition) is 3. The van der Waals surface area contributed by atoms with Gasteiger partial charge in [0, 0.05) is 10.4 Å². The lowest BCUT2D eigenvalue weighted by molar-refractivity contribution is -0.132. The van der Waals surface area contributed by atoms with Crippen molar-refractivity contribution in [3.05, 3.63) is 34.3 Å². The first-order valence-electron chi connectivity index (χ1n) is 6.21. The maximum atomic E-state index is 12.0. The number of carbonyl (C=O) groups excluding carboxylic acids is 2. The summed E-state index contributed by atoms with van der Waals surface area (Å²) in [6.45, 7) is 7.38. The van der Waals surface area contributed by atoms with Gasteiger partial charge in [-0.2, -0.15) is 0 Å². The summed E-state index contributed by atoms with van der Waals surface area (Å²) in [6, 6.07) is 6.98. The Morgan fingerprint density at radius 2 is 1.95 bits per heavy atom. The summed E-state index contributed by atoms with van der Waals surface area (Å²) in [5.74, 6) is -0.389. The fraction of sp³-hybridized carbons (Fsp3) is 0.467. The number of rotatable bonds is 5. The van der Waals surface area contributed by atoms with E-state index in [1.54, 1.807) is 32.0 Å². The molecule has 0 aliphatic rings. The number of Topliss-reactive ketones (excluding diaryl/α,β-unsaturated/α-hetero) is 1. The highest BCUT2D eigenvalue weighted by atomic mass is 79.9. The normalized spacial score (nSPS) is 11.5. The van der Waals surface area contributed by atoms with Crippen molar-refractivity contribution in [1.29, 1.82) is 0 Å². The average molecular weight is 327 g/mol. The molecule has 0 aliphatic heterocycles. The van der Waals surface area contributed by atoms with Gasteiger partial charge >= 0.3 is 5.97 Å². The molecule has 3 nitrogen and oxygen atoms in total. The Morgan fingerprint density at radius 3 is 2.47 bits per heavy atom. The first-order chi connectivity index (χ1) is 8.74. The van der Waals surface area contributed by atoms with Crippen LogP contribution < -0.4 is 0 Å². The third kappa shape index (κ3) is 4.46. The number of hydrogen-bond donors (Lipinski definition) is 0. The predicted molar refractivity (Wildman–Crippen MR) is 78.1 cm³/mol. The maximum absolute atomic E-state index is 12.0. The Bertz CT molecular complexity index is 478. The minimum Gasteiger partial charge on any atom is -0.461 e. The molecular formula is C15H19BrO3. The lowest BCUT2D eigenvalue weighted by atomic mass is 9.83. The van der Waals surface area contributed by atoms with Crippen LogP contribution in [0.15, 0.2) is 28.7 Å². The van der Waals surface area contributed by atoms with Crippen molar-refractivity contribution in [3.63, 3.8) is 0 Å². The van der Waals surface area contributed by atoms with E-state index in [2.05, 4.69) is 15.9 Å². The van der Waals surface area contributed by atoms with E-state index in [-0.39, 0.29) is 18.3 Å². The van der Waals surface area contributed by atoms with Crippen LogP contribution in [0.4, 0.5) is 0 Å². The van der Waals surface area contributed by atoms with Crippen LogP contribution in [0, 0.1) is 11.3 Å². The molecule has 1 aromatic carbocycles. The van der Waals surface area contributed by atoms with Gasteiger partial charge in [0.15, 0.2) is 0 Å². The van der Waals surface area contributed by atoms with Crippen LogP contribution in [0.3, 0.4) is 0 Å². The van der Waals surface area contributed by atoms with Crippen LogP contribution in [0.25, 0.3) is 0 Å². The Kier molecular flexibility index (Phi) is 5.29. The van der Waals surface area contributed by atoms with Crippen molar-refractivity contribution < 1.29 is 14.3 Å². The molecule has 4 heteroatoms. The third-order valence-corrected chi connectivity index (χ3v) is 3.31. The van der Waals surface area contributed by atoms with Gasteiger partial charge in [0.05, 0.1) is 11.0 Å². The number of ether oxygens (including phenoxy) is 1. The minimum atomic E-state index is -0.657. The van der Waals surface area contributed by atoms with Gasteiger partial charge in [-0.25, -0.2) is 4.79 Å². The molecule has 0 N–H and O–H groups in total. The molecule has 0 amide bonds. The maximum Gasteiger partial charge on any atom is 0.338 e. The highest BCUT2D eigenvalue weighted by molar-refractivity contribution is 9.10. The third-order valence-electron chi connectivity index (χ3n) is 2.82. The summed E-state index contributed by atoms with van der Waals surface area (Å²) >= 11 is 3.30. The van der Waals surface area contributed by atoms with Crippen LogP contribution in [0.1, 0.15) is 38.1 Å². The van der Waals surface area contributed by atoms with Crippen molar-refractivity contribution in [2.24, 2.45) is 11.3 Å². The van der Waals surface area contributed by atoms with Crippen molar-refractivity contribution >= 4 is 27.7 Å². The molecule has 1 aromatic rings. The van der Waals surface area contributed by atoms with E-state index in [0.29, 0.717) is 5.56 Å². The Hall–Kier alpha value is -1.16. The van der Waals surface area contributed by atoms with Crippen LogP contribution in [0.2, 0.25) is 0 Å². The Morgan fingerprint density at radius 1 is 1.32 bits per heavy atom. The molecule has 0 atom stereocenters. The van der Waals surface area contributed by atoms with Crippen molar-refractivity contribution in [2.45, 2.75) is 27.7 Å². The summed E-state index contributed by atoms with van der Waals surface area (Å²) in [4.78, 5) is 23.9. The molecule has 104 valence electrons. The second kappa shape index (κ2) is 6.33. The lowest BCUT2D eigenvalue weighted by Gasteiger charge is -2.24. The zero-order chi connectivity index (χ0) is 14.6. The first kappa shape index (κ1) is 15.9. The fourth-order valence-corrected chi connectivity index (χ4v) is 2.20. The Balaban J connectivity index is 2.67. The van der Waals surface area contributed by atoms with E-state index in [1.807, 2.05) is 19.9 Å². The molecule has 0 aliphatic carbocycles. The second-order valence-electron chi connectivity index (χ2n) is 5.49. The topological polar surface area (TPSA) is 43.4 Å². The van der Waals surface area contributed by atoms with Crippen LogP contribution >= 0.6 is 15.9 Å². The molecule has 0 unspecified atom stereocenters. The molecule has 1 rings (SSSR count). The summed E-state index contributed by atoms with van der Waals surface area (Å²) in [7, 11) is 0. The molecule has 0 saturated carbocycles. The number of ketones is 1. The zero-order valence-corrected chi connectivity index (χ0v) is 13.3. The number of carbonyl (C=O) groups is 2. The zero-order valence-electron chi connectivity index (χ0n) is 11.7. The monoisotopic (exact) mass is 326 g/mol. The number of esters is 1. The quantitative estimate of drug-likeness (QED) is 0.772. The first-order valence-corrected chi connectivity index (χ1v) is 7.00. The van der Waals surface area contributed by atoms with Crippen LogP contribution in [-0.2, 0) is 9.53 Å². The van der Waals surface area contributed by atoms with Crippen molar-refractivity contribution in [1.82, 2.24) is 0 Å². The molecule has 19 heavy (non-hydrogen) atoms. The van der Waals surface area contributed by atoms with Crippen molar-refractivity contribution in [2.75, 3.05) is 6.61 Å². The van der Waals surface area contributed by atoms with E-state index < -0.39 is 11.4 Å². The van der Waals surface area contributed by atoms with E-state index in [4.69, 9.17) is 4.74 Å². The number of benzene rings is 1. The van der Waals surface area contributed by atoms with Gasteiger partial charge in [0.25, 0.3) is 0 Å². The average Bonchev–Trinajstić information content (AvgIpc) is 2.35. The van der Waals surface area contributed by atoms with Gasteiger partial charge in [0.2, 0.25) is 0 Å². The van der Waals surface area contributed by atoms with Gasteiger partial charge < -0.3 is 4.74 Å². The van der Waals surface area contributed by atoms with E-state index in [0.717, 1.165) is 4.47 Å². The second-order valence-corrected chi connectivity index (χ2v) is 6.40. The molecule has 0 heterocycles. The highest BCUT2D eigenvalue weighted by Crippen LogP contribution is 2.22. The minimum absolute atomic E-state index is 0.0698. The van der Waals surface area contributed by atoms with Gasteiger partial charge in [-0.15, -0.1) is 0 Å². The molecule has 0 radical (unpaired) electrons. The van der Waals surface area contributed by atoms with Gasteiger partial charge in [-0.3, -0.25) is 4.79 Å². The summed E-state index contributed by atoms with van der Waals surface area (Å²) < 4.78 is 6.06. The van der Waals surface area contributed by atoms with E-state index in [1.165, 1.54) is 0 Å². The van der Waals surface area contributed by atoms with Gasteiger partial charge in [-0.1, -0.05) is 35.8 Å². The van der Waals surface area contributed by atoms with Crippen LogP contribution in [0.5, 0.6) is 0 Å². The highest BCUT2D eigenvalue weighted by Gasteiger charge is 2.31. The largest absolute Gasteiger partial charge is 0.461 e. The van der Waals surface area contributed by atoms with Gasteiger partial charge in [0.1, 0.15) is 12.4 Å². The summed E-state index contributed by atoms with van der Waals surface area (Å²) in [5, 5.41) is 0. The van der Waals surface area contributed by atoms with Crippen molar-refractivity contribution in [3.8, 4) is 0 Å². The molecule has 0 saturated heterocycles. The molecular weight excluding hydrogens is 308 g/mol. The molecule has 0 bridgehead atoms. The predicted octanol–water partition coefficient (Wildman–Crippen LogP) is 3.86. The van der Waals surface area contributed by atoms with E-state index in [9.17, 15) is 9.59 Å². The SMILES string of the molecule is CC(C)C(=O)C(C)(C)COC(=O)c1cccc(Br)c1. The number of halogens is 1. The van der Waals surface area contributed by atoms with Crippen LogP contribution in [-0.4, -0.2) is 18.4 Å². The van der Waals surface area contributed by atoms with E-state index >= 15 is 0 Å². The molecule has 0 aromatic heterocycles. The summed E-state index contributed by atoms with van der Waals surface area (Å²) in [5.41, 5.74) is -0.183. The molecule has 0 spiro atoms. The fourth-order valence-electron chi connectivity index (χ4n) is 1.80. The standard InChI is InChI=1S/C15H19BrO3/c1-10(2)13(17)15(3,4)9-19-14(18)11-6-5-7-12(16)8-11/h5-8,10H,9H2,1-4H3. The summed E-state index contributed by atoms with van der Waals surface area (Å²) in [6.07, 6.45) is 0. The lowest BCUT2D eigenvalue weighted by Crippen LogP contribution is -2.34.